The summed E-state index contributed by atoms with van der Waals surface area (Å²) in [5.74, 6) is 0.208. The van der Waals surface area contributed by atoms with Crippen LogP contribution in [0.15, 0.2) is 12.1 Å². The van der Waals surface area contributed by atoms with Gasteiger partial charge in [0.25, 0.3) is 0 Å². The van der Waals surface area contributed by atoms with E-state index in [1.54, 1.807) is 0 Å². The molecule has 1 aromatic carbocycles. The summed E-state index contributed by atoms with van der Waals surface area (Å²) in [6, 6.07) is 4.23. The number of nitrogens with one attached hydrogen (secondary N) is 1. The van der Waals surface area contributed by atoms with Crippen molar-refractivity contribution in [3.05, 3.63) is 28.8 Å². The van der Waals surface area contributed by atoms with Gasteiger partial charge in [0.15, 0.2) is 0 Å². The summed E-state index contributed by atoms with van der Waals surface area (Å²) in [6.45, 7) is 6.17. The minimum Gasteiger partial charge on any atom is -0.325 e. The molecule has 1 unspecified atom stereocenters. The van der Waals surface area contributed by atoms with Crippen LogP contribution >= 0.6 is 0 Å². The lowest BCUT2D eigenvalue weighted by Crippen LogP contribution is -2.10. The molecule has 0 bridgehead atoms. The van der Waals surface area contributed by atoms with Gasteiger partial charge in [-0.3, -0.25) is 4.79 Å². The zero-order valence-electron chi connectivity index (χ0n) is 8.85. The van der Waals surface area contributed by atoms with Crippen molar-refractivity contribution in [2.45, 2.75) is 33.1 Å². The van der Waals surface area contributed by atoms with Crippen LogP contribution in [-0.4, -0.2) is 5.91 Å². The Morgan fingerprint density at radius 2 is 2.07 bits per heavy atom. The van der Waals surface area contributed by atoms with E-state index in [2.05, 4.69) is 31.3 Å². The van der Waals surface area contributed by atoms with Crippen LogP contribution in [0.3, 0.4) is 0 Å². The number of anilines is 1. The first-order valence-electron chi connectivity index (χ1n) is 5.05. The number of hydrogen-bond acceptors (Lipinski definition) is 1. The maximum atomic E-state index is 11.6. The lowest BCUT2D eigenvalue weighted by Gasteiger charge is -2.07. The van der Waals surface area contributed by atoms with Crippen molar-refractivity contribution in [2.75, 3.05) is 5.32 Å². The number of amides is 1. The lowest BCUT2D eigenvalue weighted by atomic mass is 9.95. The molecule has 0 saturated carbocycles. The highest BCUT2D eigenvalue weighted by molar-refractivity contribution is 6.03. The van der Waals surface area contributed by atoms with Gasteiger partial charge in [0.05, 0.1) is 5.92 Å². The Bertz CT molecular complexity index is 396. The van der Waals surface area contributed by atoms with Crippen LogP contribution in [0.2, 0.25) is 0 Å². The fourth-order valence-corrected chi connectivity index (χ4v) is 2.20. The molecular weight excluding hydrogens is 174 g/mol. The molecule has 2 heteroatoms. The Balaban J connectivity index is 2.58. The molecule has 1 aliphatic heterocycles. The largest absolute Gasteiger partial charge is 0.325 e. The van der Waals surface area contributed by atoms with Crippen LogP contribution in [0.4, 0.5) is 5.69 Å². The summed E-state index contributed by atoms with van der Waals surface area (Å²) in [5.41, 5.74) is 4.61. The summed E-state index contributed by atoms with van der Waals surface area (Å²) in [5, 5.41) is 2.95. The number of benzene rings is 1. The van der Waals surface area contributed by atoms with Gasteiger partial charge in [-0.25, -0.2) is 0 Å². The van der Waals surface area contributed by atoms with Crippen LogP contribution in [0.1, 0.15) is 36.0 Å². The van der Waals surface area contributed by atoms with E-state index in [1.807, 2.05) is 6.92 Å². The second-order valence-corrected chi connectivity index (χ2v) is 4.00. The summed E-state index contributed by atoms with van der Waals surface area (Å²) in [6.07, 6.45) is 0.877. The Morgan fingerprint density at radius 3 is 2.71 bits per heavy atom. The van der Waals surface area contributed by atoms with Gasteiger partial charge in [-0.1, -0.05) is 24.6 Å². The Kier molecular flexibility index (Phi) is 2.06. The number of hydrogen-bond donors (Lipinski definition) is 1. The number of aryl methyl sites for hydroxylation is 2. The lowest BCUT2D eigenvalue weighted by molar-refractivity contribution is -0.117. The molecule has 0 aliphatic carbocycles. The predicted molar refractivity (Wildman–Crippen MR) is 57.6 cm³/mol. The third-order valence-electron chi connectivity index (χ3n) is 2.86. The SMILES string of the molecule is CCC1C(=O)Nc2c(C)cc(C)cc21. The van der Waals surface area contributed by atoms with E-state index in [0.29, 0.717) is 0 Å². The van der Waals surface area contributed by atoms with Crippen LogP contribution in [0, 0.1) is 13.8 Å². The van der Waals surface area contributed by atoms with E-state index in [0.717, 1.165) is 12.1 Å². The van der Waals surface area contributed by atoms with Gasteiger partial charge in [0.2, 0.25) is 5.91 Å². The van der Waals surface area contributed by atoms with Gasteiger partial charge < -0.3 is 5.32 Å². The monoisotopic (exact) mass is 189 g/mol. The number of fused-ring (bicyclic) bond motifs is 1. The Morgan fingerprint density at radius 1 is 1.36 bits per heavy atom. The van der Waals surface area contributed by atoms with E-state index < -0.39 is 0 Å². The van der Waals surface area contributed by atoms with Crippen molar-refractivity contribution < 1.29 is 4.79 Å². The molecule has 0 radical (unpaired) electrons. The van der Waals surface area contributed by atoms with E-state index >= 15 is 0 Å². The first-order valence-corrected chi connectivity index (χ1v) is 5.05. The third-order valence-corrected chi connectivity index (χ3v) is 2.86. The molecule has 1 heterocycles. The quantitative estimate of drug-likeness (QED) is 0.723. The third kappa shape index (κ3) is 1.22. The predicted octanol–water partition coefficient (Wildman–Crippen LogP) is 2.75. The molecule has 0 fully saturated rings. The van der Waals surface area contributed by atoms with Crippen LogP contribution in [0.5, 0.6) is 0 Å². The molecule has 1 amide bonds. The zero-order valence-corrected chi connectivity index (χ0v) is 8.85. The van der Waals surface area contributed by atoms with Crippen molar-refractivity contribution in [2.24, 2.45) is 0 Å². The topological polar surface area (TPSA) is 29.1 Å². The molecule has 0 spiro atoms. The minimum atomic E-state index is 0.0589. The molecular formula is C12H15NO. The van der Waals surface area contributed by atoms with Gasteiger partial charge in [-0.15, -0.1) is 0 Å². The number of carbonyl (C=O) groups excluding carboxylic acids is 1. The van der Waals surface area contributed by atoms with Gasteiger partial charge in [-0.2, -0.15) is 0 Å². The molecule has 0 aromatic heterocycles. The van der Waals surface area contributed by atoms with Gasteiger partial charge in [-0.05, 0) is 31.4 Å². The standard InChI is InChI=1S/C12H15NO/c1-4-9-10-6-7(2)5-8(3)11(10)13-12(9)14/h5-6,9H,4H2,1-3H3,(H,13,14). The molecule has 1 aliphatic rings. The van der Waals surface area contributed by atoms with Crippen LogP contribution in [0.25, 0.3) is 0 Å². The van der Waals surface area contributed by atoms with Crippen LogP contribution < -0.4 is 5.32 Å². The summed E-state index contributed by atoms with van der Waals surface area (Å²) in [4.78, 5) is 11.6. The van der Waals surface area contributed by atoms with Crippen molar-refractivity contribution in [1.29, 1.82) is 0 Å². The summed E-state index contributed by atoms with van der Waals surface area (Å²) in [7, 11) is 0. The number of rotatable bonds is 1. The van der Waals surface area contributed by atoms with E-state index in [-0.39, 0.29) is 11.8 Å². The minimum absolute atomic E-state index is 0.0589. The first kappa shape index (κ1) is 9.25. The molecule has 2 nitrogen and oxygen atoms in total. The summed E-state index contributed by atoms with van der Waals surface area (Å²) < 4.78 is 0. The van der Waals surface area contributed by atoms with Crippen LogP contribution in [-0.2, 0) is 4.79 Å². The van der Waals surface area contributed by atoms with Crippen molar-refractivity contribution >= 4 is 11.6 Å². The molecule has 1 aromatic rings. The normalized spacial score (nSPS) is 19.4. The molecule has 1 atom stereocenters. The first-order chi connectivity index (χ1) is 6.63. The van der Waals surface area contributed by atoms with E-state index in [9.17, 15) is 4.79 Å². The molecule has 2 rings (SSSR count). The second-order valence-electron chi connectivity index (χ2n) is 4.00. The highest BCUT2D eigenvalue weighted by Gasteiger charge is 2.29. The van der Waals surface area contributed by atoms with Crippen molar-refractivity contribution in [1.82, 2.24) is 0 Å². The maximum Gasteiger partial charge on any atom is 0.232 e. The second kappa shape index (κ2) is 3.12. The average Bonchev–Trinajstić information content (AvgIpc) is 2.41. The highest BCUT2D eigenvalue weighted by Crippen LogP contribution is 2.37. The Labute approximate surface area is 84.3 Å². The molecule has 0 saturated heterocycles. The summed E-state index contributed by atoms with van der Waals surface area (Å²) >= 11 is 0. The fourth-order valence-electron chi connectivity index (χ4n) is 2.20. The Hall–Kier alpha value is -1.31. The molecule has 74 valence electrons. The smallest absolute Gasteiger partial charge is 0.232 e. The highest BCUT2D eigenvalue weighted by atomic mass is 16.2. The molecule has 14 heavy (non-hydrogen) atoms. The van der Waals surface area contributed by atoms with Gasteiger partial charge in [0.1, 0.15) is 0 Å². The molecule has 1 N–H and O–H groups in total. The van der Waals surface area contributed by atoms with Gasteiger partial charge >= 0.3 is 0 Å². The zero-order chi connectivity index (χ0) is 10.3. The number of carbonyl (C=O) groups is 1. The van der Waals surface area contributed by atoms with E-state index in [4.69, 9.17) is 0 Å². The van der Waals surface area contributed by atoms with E-state index in [1.165, 1.54) is 16.7 Å². The van der Waals surface area contributed by atoms with Gasteiger partial charge in [0, 0.05) is 5.69 Å². The maximum absolute atomic E-state index is 11.6. The van der Waals surface area contributed by atoms with Crippen molar-refractivity contribution in [3.63, 3.8) is 0 Å². The average molecular weight is 189 g/mol. The fraction of sp³-hybridized carbons (Fsp3) is 0.417. The van der Waals surface area contributed by atoms with Crippen molar-refractivity contribution in [3.8, 4) is 0 Å².